The molecule has 7 heteroatoms. The second-order valence-corrected chi connectivity index (χ2v) is 6.49. The molecule has 128 valence electrons. The van der Waals surface area contributed by atoms with E-state index in [1.54, 1.807) is 19.3 Å². The molecule has 0 fully saturated rings. The minimum atomic E-state index is -0.232. The van der Waals surface area contributed by atoms with Gasteiger partial charge in [-0.3, -0.25) is 4.79 Å². The van der Waals surface area contributed by atoms with Crippen LogP contribution in [0.5, 0.6) is 0 Å². The summed E-state index contributed by atoms with van der Waals surface area (Å²) < 4.78 is 0. The first-order valence-corrected chi connectivity index (χ1v) is 8.69. The number of rotatable bonds is 6. The summed E-state index contributed by atoms with van der Waals surface area (Å²) in [6, 6.07) is 15.0. The number of nitrogens with two attached hydrogens (primary N) is 1. The summed E-state index contributed by atoms with van der Waals surface area (Å²) in [4.78, 5) is 22.4. The average molecular weight is 353 g/mol. The van der Waals surface area contributed by atoms with Gasteiger partial charge in [-0.15, -0.1) is 11.3 Å². The third-order valence-corrected chi connectivity index (χ3v) is 4.78. The Morgan fingerprint density at radius 1 is 1.20 bits per heavy atom. The van der Waals surface area contributed by atoms with Crippen LogP contribution in [0, 0.1) is 0 Å². The SMILES string of the molecule is CNc1nccc(-c2ccc(C(=O)NCC(N)c3ccccc3)s2)n1. The molecular formula is C18H19N5OS. The fourth-order valence-electron chi connectivity index (χ4n) is 2.32. The average Bonchev–Trinajstić information content (AvgIpc) is 3.17. The fourth-order valence-corrected chi connectivity index (χ4v) is 3.21. The molecule has 0 radical (unpaired) electrons. The maximum atomic E-state index is 12.3. The summed E-state index contributed by atoms with van der Waals surface area (Å²) in [6.07, 6.45) is 1.69. The van der Waals surface area contributed by atoms with Crippen LogP contribution in [0.3, 0.4) is 0 Å². The van der Waals surface area contributed by atoms with Crippen molar-refractivity contribution in [2.75, 3.05) is 18.9 Å². The Morgan fingerprint density at radius 2 is 2.00 bits per heavy atom. The van der Waals surface area contributed by atoms with E-state index in [-0.39, 0.29) is 11.9 Å². The predicted molar refractivity (Wildman–Crippen MR) is 101 cm³/mol. The Morgan fingerprint density at radius 3 is 2.76 bits per heavy atom. The second-order valence-electron chi connectivity index (χ2n) is 5.41. The van der Waals surface area contributed by atoms with E-state index in [2.05, 4.69) is 20.6 Å². The van der Waals surface area contributed by atoms with Gasteiger partial charge in [0.25, 0.3) is 5.91 Å². The normalized spacial score (nSPS) is 11.8. The van der Waals surface area contributed by atoms with E-state index in [4.69, 9.17) is 5.73 Å². The van der Waals surface area contributed by atoms with E-state index < -0.39 is 0 Å². The zero-order chi connectivity index (χ0) is 17.6. The number of hydrogen-bond acceptors (Lipinski definition) is 6. The quantitative estimate of drug-likeness (QED) is 0.633. The maximum absolute atomic E-state index is 12.3. The number of thiophene rings is 1. The Hall–Kier alpha value is -2.77. The molecule has 3 rings (SSSR count). The summed E-state index contributed by atoms with van der Waals surface area (Å²) in [6.45, 7) is 0.382. The van der Waals surface area contributed by atoms with Gasteiger partial charge in [0.15, 0.2) is 0 Å². The molecule has 0 saturated carbocycles. The van der Waals surface area contributed by atoms with Crippen molar-refractivity contribution in [3.8, 4) is 10.6 Å². The lowest BCUT2D eigenvalue weighted by atomic mass is 10.1. The molecule has 0 aliphatic rings. The summed E-state index contributed by atoms with van der Waals surface area (Å²) in [7, 11) is 1.77. The van der Waals surface area contributed by atoms with Crippen LogP contribution in [0.15, 0.2) is 54.7 Å². The number of nitrogens with one attached hydrogen (secondary N) is 2. The van der Waals surface area contributed by atoms with Crippen molar-refractivity contribution in [2.45, 2.75) is 6.04 Å². The molecule has 0 aliphatic carbocycles. The molecule has 0 bridgehead atoms. The van der Waals surface area contributed by atoms with Crippen molar-refractivity contribution in [3.63, 3.8) is 0 Å². The smallest absolute Gasteiger partial charge is 0.261 e. The van der Waals surface area contributed by atoms with E-state index >= 15 is 0 Å². The minimum Gasteiger partial charge on any atom is -0.357 e. The molecule has 4 N–H and O–H groups in total. The second kappa shape index (κ2) is 7.87. The van der Waals surface area contributed by atoms with Gasteiger partial charge in [-0.1, -0.05) is 30.3 Å². The molecule has 2 heterocycles. The van der Waals surface area contributed by atoms with Crippen molar-refractivity contribution in [1.29, 1.82) is 0 Å². The van der Waals surface area contributed by atoms with E-state index in [1.807, 2.05) is 42.5 Å². The lowest BCUT2D eigenvalue weighted by Crippen LogP contribution is -2.31. The van der Waals surface area contributed by atoms with E-state index in [0.29, 0.717) is 17.4 Å². The van der Waals surface area contributed by atoms with Gasteiger partial charge in [-0.2, -0.15) is 0 Å². The zero-order valence-electron chi connectivity index (χ0n) is 13.8. The van der Waals surface area contributed by atoms with Gasteiger partial charge in [-0.05, 0) is 23.8 Å². The number of carbonyl (C=O) groups excluding carboxylic acids is 1. The molecule has 0 spiro atoms. The molecule has 6 nitrogen and oxygen atoms in total. The lowest BCUT2D eigenvalue weighted by molar-refractivity contribution is 0.0955. The van der Waals surface area contributed by atoms with Gasteiger partial charge < -0.3 is 16.4 Å². The van der Waals surface area contributed by atoms with Crippen LogP contribution in [0.1, 0.15) is 21.3 Å². The molecule has 1 unspecified atom stereocenters. The topological polar surface area (TPSA) is 92.9 Å². The number of nitrogens with zero attached hydrogens (tertiary/aromatic N) is 2. The van der Waals surface area contributed by atoms with Crippen LogP contribution in [0.4, 0.5) is 5.95 Å². The number of benzene rings is 1. The third-order valence-electron chi connectivity index (χ3n) is 3.67. The highest BCUT2D eigenvalue weighted by molar-refractivity contribution is 7.17. The van der Waals surface area contributed by atoms with Crippen molar-refractivity contribution >= 4 is 23.2 Å². The molecule has 0 saturated heterocycles. The molecule has 3 aromatic rings. The van der Waals surface area contributed by atoms with Crippen LogP contribution in [-0.2, 0) is 0 Å². The van der Waals surface area contributed by atoms with Crippen molar-refractivity contribution in [2.24, 2.45) is 5.73 Å². The van der Waals surface area contributed by atoms with Crippen LogP contribution in [-0.4, -0.2) is 29.5 Å². The molecule has 0 aliphatic heterocycles. The Bertz CT molecular complexity index is 849. The summed E-state index contributed by atoms with van der Waals surface area (Å²) in [5.41, 5.74) is 7.89. The number of aromatic nitrogens is 2. The van der Waals surface area contributed by atoms with Crippen molar-refractivity contribution in [3.05, 3.63) is 65.2 Å². The minimum absolute atomic E-state index is 0.134. The highest BCUT2D eigenvalue weighted by Gasteiger charge is 2.13. The number of carbonyl (C=O) groups is 1. The molecule has 1 atom stereocenters. The first-order valence-electron chi connectivity index (χ1n) is 7.87. The Balaban J connectivity index is 1.64. The van der Waals surface area contributed by atoms with Gasteiger partial charge in [0.1, 0.15) is 0 Å². The largest absolute Gasteiger partial charge is 0.357 e. The monoisotopic (exact) mass is 353 g/mol. The van der Waals surface area contributed by atoms with Crippen LogP contribution in [0.2, 0.25) is 0 Å². The van der Waals surface area contributed by atoms with Crippen molar-refractivity contribution in [1.82, 2.24) is 15.3 Å². The Kier molecular flexibility index (Phi) is 5.37. The van der Waals surface area contributed by atoms with Gasteiger partial charge in [0.05, 0.1) is 15.4 Å². The van der Waals surface area contributed by atoms with Gasteiger partial charge in [0, 0.05) is 25.8 Å². The Labute approximate surface area is 150 Å². The van der Waals surface area contributed by atoms with Gasteiger partial charge >= 0.3 is 0 Å². The maximum Gasteiger partial charge on any atom is 0.261 e. The van der Waals surface area contributed by atoms with E-state index in [0.717, 1.165) is 16.1 Å². The van der Waals surface area contributed by atoms with E-state index in [9.17, 15) is 4.79 Å². The summed E-state index contributed by atoms with van der Waals surface area (Å²) >= 11 is 1.39. The highest BCUT2D eigenvalue weighted by atomic mass is 32.1. The fraction of sp³-hybridized carbons (Fsp3) is 0.167. The molecule has 25 heavy (non-hydrogen) atoms. The first-order chi connectivity index (χ1) is 12.2. The third kappa shape index (κ3) is 4.20. The van der Waals surface area contributed by atoms with Gasteiger partial charge in [0.2, 0.25) is 5.95 Å². The molecule has 1 amide bonds. The van der Waals surface area contributed by atoms with Crippen LogP contribution >= 0.6 is 11.3 Å². The number of anilines is 1. The summed E-state index contributed by atoms with van der Waals surface area (Å²) in [5, 5.41) is 5.79. The lowest BCUT2D eigenvalue weighted by Gasteiger charge is -2.12. The molecule has 1 aromatic carbocycles. The molecular weight excluding hydrogens is 334 g/mol. The summed E-state index contributed by atoms with van der Waals surface area (Å²) in [5.74, 6) is 0.413. The van der Waals surface area contributed by atoms with Crippen LogP contribution in [0.25, 0.3) is 10.6 Å². The number of hydrogen-bond donors (Lipinski definition) is 3. The standard InChI is InChI=1S/C18H19N5OS/c1-20-18-21-10-9-14(23-18)15-7-8-16(25-15)17(24)22-11-13(19)12-5-3-2-4-6-12/h2-10,13H,11,19H2,1H3,(H,22,24)(H,20,21,23). The van der Waals surface area contributed by atoms with Crippen LogP contribution < -0.4 is 16.4 Å². The highest BCUT2D eigenvalue weighted by Crippen LogP contribution is 2.27. The number of amides is 1. The van der Waals surface area contributed by atoms with Gasteiger partial charge in [-0.25, -0.2) is 9.97 Å². The van der Waals surface area contributed by atoms with Crippen molar-refractivity contribution < 1.29 is 4.79 Å². The van der Waals surface area contributed by atoms with E-state index in [1.165, 1.54) is 11.3 Å². The zero-order valence-corrected chi connectivity index (χ0v) is 14.6. The first kappa shape index (κ1) is 17.1. The molecule has 2 aromatic heterocycles. The predicted octanol–water partition coefficient (Wildman–Crippen LogP) is 2.68.